The van der Waals surface area contributed by atoms with Gasteiger partial charge in [-0.3, -0.25) is 13.9 Å². The maximum absolute atomic E-state index is 14.2. The van der Waals surface area contributed by atoms with E-state index in [4.69, 9.17) is 23.2 Å². The molecule has 2 amide bonds. The third kappa shape index (κ3) is 7.82. The van der Waals surface area contributed by atoms with Crippen LogP contribution in [-0.2, 0) is 26.2 Å². The van der Waals surface area contributed by atoms with Crippen LogP contribution in [0, 0.1) is 13.8 Å². The molecule has 3 aromatic carbocycles. The van der Waals surface area contributed by atoms with Gasteiger partial charge < -0.3 is 10.2 Å². The lowest BCUT2D eigenvalue weighted by molar-refractivity contribution is -0.140. The number of anilines is 1. The van der Waals surface area contributed by atoms with Crippen LogP contribution in [-0.4, -0.2) is 43.8 Å². The van der Waals surface area contributed by atoms with Crippen molar-refractivity contribution < 1.29 is 18.0 Å². The van der Waals surface area contributed by atoms with E-state index < -0.39 is 28.5 Å². The van der Waals surface area contributed by atoms with Crippen LogP contribution < -0.4 is 9.62 Å². The van der Waals surface area contributed by atoms with Gasteiger partial charge in [-0.2, -0.15) is 0 Å². The Balaban J connectivity index is 2.13. The SMILES string of the molecule is CC[C@H](C)NC(=O)[C@H](CC)N(Cc1c(Cl)cccc1Cl)C(=O)CN(c1cc(C)ccc1C)S(=O)(=O)c1ccccc1. The molecule has 0 saturated heterocycles. The summed E-state index contributed by atoms with van der Waals surface area (Å²) in [5.74, 6) is -0.893. The molecule has 0 saturated carbocycles. The highest BCUT2D eigenvalue weighted by Crippen LogP contribution is 2.30. The van der Waals surface area contributed by atoms with Gasteiger partial charge in [0.1, 0.15) is 12.6 Å². The Labute approximate surface area is 253 Å². The van der Waals surface area contributed by atoms with E-state index >= 15 is 0 Å². The maximum Gasteiger partial charge on any atom is 0.264 e. The first kappa shape index (κ1) is 32.4. The van der Waals surface area contributed by atoms with E-state index in [1.807, 2.05) is 32.9 Å². The molecule has 0 aliphatic carbocycles. The number of sulfonamides is 1. The molecule has 0 spiro atoms. The third-order valence-electron chi connectivity index (χ3n) is 7.02. The molecule has 0 heterocycles. The Morgan fingerprint density at radius 3 is 2.12 bits per heavy atom. The summed E-state index contributed by atoms with van der Waals surface area (Å²) >= 11 is 13.0. The molecule has 0 aromatic heterocycles. The fraction of sp³-hybridized carbons (Fsp3) is 0.355. The Morgan fingerprint density at radius 1 is 0.902 bits per heavy atom. The molecular weight excluding hydrogens is 581 g/mol. The quantitative estimate of drug-likeness (QED) is 0.250. The fourth-order valence-electron chi connectivity index (χ4n) is 4.44. The van der Waals surface area contributed by atoms with E-state index in [1.54, 1.807) is 56.3 Å². The van der Waals surface area contributed by atoms with Crippen LogP contribution in [0.25, 0.3) is 0 Å². The minimum absolute atomic E-state index is 0.0518. The summed E-state index contributed by atoms with van der Waals surface area (Å²) in [5, 5.41) is 3.64. The van der Waals surface area contributed by atoms with E-state index in [2.05, 4.69) is 5.32 Å². The number of carbonyl (C=O) groups is 2. The Kier molecular flexibility index (Phi) is 11.2. The summed E-state index contributed by atoms with van der Waals surface area (Å²) in [4.78, 5) is 29.1. The van der Waals surface area contributed by atoms with Crippen molar-refractivity contribution in [3.63, 3.8) is 0 Å². The van der Waals surface area contributed by atoms with Crippen molar-refractivity contribution in [3.8, 4) is 0 Å². The summed E-state index contributed by atoms with van der Waals surface area (Å²) in [6.45, 7) is 8.69. The fourth-order valence-corrected chi connectivity index (χ4v) is 6.44. The molecule has 0 aliphatic rings. The van der Waals surface area contributed by atoms with Crippen molar-refractivity contribution in [2.75, 3.05) is 10.8 Å². The van der Waals surface area contributed by atoms with Crippen LogP contribution in [0.15, 0.2) is 71.6 Å². The van der Waals surface area contributed by atoms with Gasteiger partial charge in [-0.25, -0.2) is 8.42 Å². The molecule has 7 nitrogen and oxygen atoms in total. The molecule has 3 aromatic rings. The first-order valence-corrected chi connectivity index (χ1v) is 15.8. The van der Waals surface area contributed by atoms with Gasteiger partial charge >= 0.3 is 0 Å². The minimum atomic E-state index is -4.15. The van der Waals surface area contributed by atoms with Crippen molar-refractivity contribution in [2.24, 2.45) is 0 Å². The molecule has 0 unspecified atom stereocenters. The average molecular weight is 619 g/mol. The summed E-state index contributed by atoms with van der Waals surface area (Å²) in [5.41, 5.74) is 2.38. The number of amides is 2. The zero-order valence-electron chi connectivity index (χ0n) is 24.0. The molecule has 0 aliphatic heterocycles. The van der Waals surface area contributed by atoms with Crippen LogP contribution in [0.3, 0.4) is 0 Å². The largest absolute Gasteiger partial charge is 0.352 e. The first-order chi connectivity index (χ1) is 19.4. The normalized spacial score (nSPS) is 12.9. The molecule has 1 N–H and O–H groups in total. The number of hydrogen-bond acceptors (Lipinski definition) is 4. The topological polar surface area (TPSA) is 86.8 Å². The predicted molar refractivity (Wildman–Crippen MR) is 166 cm³/mol. The van der Waals surface area contributed by atoms with Crippen molar-refractivity contribution in [1.29, 1.82) is 0 Å². The summed E-state index contributed by atoms with van der Waals surface area (Å²) < 4.78 is 29.1. The van der Waals surface area contributed by atoms with Gasteiger partial charge in [-0.05, 0) is 75.1 Å². The number of carbonyl (C=O) groups excluding carboxylic acids is 2. The van der Waals surface area contributed by atoms with Crippen molar-refractivity contribution in [2.45, 2.75) is 71.0 Å². The summed E-state index contributed by atoms with van der Waals surface area (Å²) in [6.07, 6.45) is 1.01. The molecule has 0 radical (unpaired) electrons. The average Bonchev–Trinajstić information content (AvgIpc) is 2.94. The lowest BCUT2D eigenvalue weighted by Gasteiger charge is -2.34. The molecular formula is C31H37Cl2N3O4S. The van der Waals surface area contributed by atoms with Gasteiger partial charge in [-0.15, -0.1) is 0 Å². The van der Waals surface area contributed by atoms with Crippen LogP contribution in [0.2, 0.25) is 10.0 Å². The second-order valence-electron chi connectivity index (χ2n) is 10.1. The Morgan fingerprint density at radius 2 is 1.54 bits per heavy atom. The van der Waals surface area contributed by atoms with Gasteiger partial charge in [0, 0.05) is 28.2 Å². The van der Waals surface area contributed by atoms with Gasteiger partial charge in [0.25, 0.3) is 10.0 Å². The van der Waals surface area contributed by atoms with E-state index in [1.165, 1.54) is 17.0 Å². The van der Waals surface area contributed by atoms with Crippen LogP contribution >= 0.6 is 23.2 Å². The molecule has 3 rings (SSSR count). The molecule has 220 valence electrons. The van der Waals surface area contributed by atoms with Gasteiger partial charge in [0.05, 0.1) is 10.6 Å². The minimum Gasteiger partial charge on any atom is -0.352 e. The number of aryl methyl sites for hydroxylation is 2. The number of rotatable bonds is 12. The van der Waals surface area contributed by atoms with Crippen molar-refractivity contribution in [3.05, 3.63) is 93.5 Å². The van der Waals surface area contributed by atoms with Crippen LogP contribution in [0.1, 0.15) is 50.3 Å². The molecule has 0 bridgehead atoms. The van der Waals surface area contributed by atoms with Gasteiger partial charge in [0.15, 0.2) is 0 Å². The number of nitrogens with one attached hydrogen (secondary N) is 1. The zero-order valence-corrected chi connectivity index (χ0v) is 26.4. The highest BCUT2D eigenvalue weighted by Gasteiger charge is 2.35. The first-order valence-electron chi connectivity index (χ1n) is 13.6. The third-order valence-corrected chi connectivity index (χ3v) is 9.50. The highest BCUT2D eigenvalue weighted by molar-refractivity contribution is 7.92. The maximum atomic E-state index is 14.2. The van der Waals surface area contributed by atoms with Gasteiger partial charge in [-0.1, -0.05) is 73.4 Å². The van der Waals surface area contributed by atoms with Crippen LogP contribution in [0.5, 0.6) is 0 Å². The lowest BCUT2D eigenvalue weighted by Crippen LogP contribution is -2.53. The number of nitrogens with zero attached hydrogens (tertiary/aromatic N) is 2. The lowest BCUT2D eigenvalue weighted by atomic mass is 10.1. The number of hydrogen-bond donors (Lipinski definition) is 1. The number of halogens is 2. The van der Waals surface area contributed by atoms with E-state index in [0.29, 0.717) is 39.7 Å². The van der Waals surface area contributed by atoms with Crippen LogP contribution in [0.4, 0.5) is 5.69 Å². The monoisotopic (exact) mass is 617 g/mol. The second-order valence-corrected chi connectivity index (χ2v) is 12.8. The summed E-state index contributed by atoms with van der Waals surface area (Å²) in [7, 11) is -4.15. The van der Waals surface area contributed by atoms with E-state index in [-0.39, 0.29) is 23.4 Å². The van der Waals surface area contributed by atoms with Crippen molar-refractivity contribution in [1.82, 2.24) is 10.2 Å². The molecule has 10 heteroatoms. The smallest absolute Gasteiger partial charge is 0.264 e. The van der Waals surface area contributed by atoms with Gasteiger partial charge in [0.2, 0.25) is 11.8 Å². The standard InChI is InChI=1S/C31H37Cl2N3O4S/c1-6-23(5)34-31(38)28(7-2)35(19-25-26(32)14-11-15-27(25)33)30(37)20-36(29-18-21(3)16-17-22(29)4)41(39,40)24-12-9-8-10-13-24/h8-18,23,28H,6-7,19-20H2,1-5H3,(H,34,38)/t23-,28-/m0/s1. The Bertz CT molecular complexity index is 1460. The summed E-state index contributed by atoms with van der Waals surface area (Å²) in [6, 6.07) is 17.4. The van der Waals surface area contributed by atoms with Crippen molar-refractivity contribution >= 4 is 50.7 Å². The molecule has 41 heavy (non-hydrogen) atoms. The predicted octanol–water partition coefficient (Wildman–Crippen LogP) is 6.53. The van der Waals surface area contributed by atoms with E-state index in [0.717, 1.165) is 9.87 Å². The molecule has 2 atom stereocenters. The highest BCUT2D eigenvalue weighted by atomic mass is 35.5. The Hall–Kier alpha value is -3.07. The molecule has 0 fully saturated rings. The zero-order chi connectivity index (χ0) is 30.3. The second kappa shape index (κ2) is 14.2. The van der Waals surface area contributed by atoms with E-state index in [9.17, 15) is 18.0 Å². The number of benzene rings is 3.